The molecule has 1 aliphatic heterocycles. The van der Waals surface area contributed by atoms with Crippen LogP contribution in [0.2, 0.25) is 0 Å². The molecule has 1 saturated heterocycles. The van der Waals surface area contributed by atoms with Crippen LogP contribution in [0.4, 0.5) is 0 Å². The Morgan fingerprint density at radius 2 is 2.24 bits per heavy atom. The number of aromatic amines is 1. The lowest BCUT2D eigenvalue weighted by Gasteiger charge is -2.22. The molecule has 0 saturated carbocycles. The topological polar surface area (TPSA) is 63.3 Å². The third-order valence-corrected chi connectivity index (χ3v) is 3.92. The van der Waals surface area contributed by atoms with E-state index in [1.54, 1.807) is 26.6 Å². The van der Waals surface area contributed by atoms with E-state index in [-0.39, 0.29) is 12.1 Å². The van der Waals surface area contributed by atoms with Crippen molar-refractivity contribution in [3.05, 3.63) is 42.2 Å². The molecule has 6 nitrogen and oxygen atoms in total. The molecule has 0 spiro atoms. The lowest BCUT2D eigenvalue weighted by molar-refractivity contribution is 0.107. The van der Waals surface area contributed by atoms with Crippen LogP contribution in [-0.2, 0) is 11.3 Å². The van der Waals surface area contributed by atoms with Crippen molar-refractivity contribution in [2.75, 3.05) is 20.8 Å². The average Bonchev–Trinajstić information content (AvgIpc) is 3.16. The highest BCUT2D eigenvalue weighted by atomic mass is 16.5. The van der Waals surface area contributed by atoms with E-state index < -0.39 is 0 Å². The molecule has 21 heavy (non-hydrogen) atoms. The van der Waals surface area contributed by atoms with Gasteiger partial charge in [-0.25, -0.2) is 4.98 Å². The number of H-pyrrole nitrogens is 1. The zero-order valence-electron chi connectivity index (χ0n) is 12.3. The van der Waals surface area contributed by atoms with Gasteiger partial charge in [-0.15, -0.1) is 0 Å². The van der Waals surface area contributed by atoms with E-state index in [0.29, 0.717) is 0 Å². The first-order valence-corrected chi connectivity index (χ1v) is 7.05. The van der Waals surface area contributed by atoms with Crippen LogP contribution in [0.25, 0.3) is 0 Å². The fraction of sp³-hybridized carbons (Fsp3) is 0.467. The van der Waals surface area contributed by atoms with E-state index >= 15 is 0 Å². The molecule has 1 unspecified atom stereocenters. The van der Waals surface area contributed by atoms with Crippen molar-refractivity contribution in [3.63, 3.8) is 0 Å². The van der Waals surface area contributed by atoms with Crippen molar-refractivity contribution >= 4 is 0 Å². The molecule has 0 radical (unpaired) electrons. The zero-order valence-corrected chi connectivity index (χ0v) is 12.3. The van der Waals surface area contributed by atoms with Gasteiger partial charge in [0.25, 0.3) is 0 Å². The Balaban J connectivity index is 1.78. The lowest BCUT2D eigenvalue weighted by Crippen LogP contribution is -2.25. The Morgan fingerprint density at radius 3 is 2.95 bits per heavy atom. The number of methoxy groups -OCH3 is 2. The quantitative estimate of drug-likeness (QED) is 0.908. The molecule has 0 bridgehead atoms. The highest BCUT2D eigenvalue weighted by molar-refractivity contribution is 5.22. The summed E-state index contributed by atoms with van der Waals surface area (Å²) >= 11 is 0. The predicted octanol–water partition coefficient (Wildman–Crippen LogP) is 1.78. The molecule has 0 amide bonds. The normalized spacial score (nSPS) is 22.6. The summed E-state index contributed by atoms with van der Waals surface area (Å²) in [5, 5.41) is 0. The summed E-state index contributed by atoms with van der Waals surface area (Å²) in [5.41, 5.74) is 0.989. The van der Waals surface area contributed by atoms with Crippen LogP contribution in [-0.4, -0.2) is 46.7 Å². The summed E-state index contributed by atoms with van der Waals surface area (Å²) in [6, 6.07) is 4.06. The summed E-state index contributed by atoms with van der Waals surface area (Å²) < 4.78 is 10.8. The van der Waals surface area contributed by atoms with E-state index in [0.717, 1.165) is 36.8 Å². The highest BCUT2D eigenvalue weighted by Gasteiger charge is 2.34. The maximum atomic E-state index is 5.52. The largest absolute Gasteiger partial charge is 0.497 e. The number of nitrogens with one attached hydrogen (secondary N) is 1. The summed E-state index contributed by atoms with van der Waals surface area (Å²) in [5.74, 6) is 1.81. The van der Waals surface area contributed by atoms with Gasteiger partial charge in [-0.3, -0.25) is 9.88 Å². The number of rotatable bonds is 5. The summed E-state index contributed by atoms with van der Waals surface area (Å²) in [7, 11) is 3.43. The van der Waals surface area contributed by atoms with Crippen molar-refractivity contribution in [2.24, 2.45) is 0 Å². The van der Waals surface area contributed by atoms with Gasteiger partial charge in [0.15, 0.2) is 0 Å². The minimum Gasteiger partial charge on any atom is -0.497 e. The number of aromatic nitrogens is 3. The first-order chi connectivity index (χ1) is 10.3. The Labute approximate surface area is 124 Å². The number of pyridine rings is 1. The van der Waals surface area contributed by atoms with Gasteiger partial charge in [-0.2, -0.15) is 0 Å². The van der Waals surface area contributed by atoms with Crippen LogP contribution >= 0.6 is 0 Å². The summed E-state index contributed by atoms with van der Waals surface area (Å²) in [6.07, 6.45) is 6.59. The van der Waals surface area contributed by atoms with Gasteiger partial charge in [0.2, 0.25) is 0 Å². The van der Waals surface area contributed by atoms with E-state index in [4.69, 9.17) is 9.47 Å². The van der Waals surface area contributed by atoms with Gasteiger partial charge >= 0.3 is 0 Å². The number of imidazole rings is 1. The van der Waals surface area contributed by atoms with Gasteiger partial charge in [-0.1, -0.05) is 0 Å². The van der Waals surface area contributed by atoms with E-state index in [2.05, 4.69) is 19.9 Å². The molecule has 2 atom stereocenters. The fourth-order valence-corrected chi connectivity index (χ4v) is 2.83. The molecule has 2 aromatic heterocycles. The van der Waals surface area contributed by atoms with E-state index in [1.165, 1.54) is 0 Å². The summed E-state index contributed by atoms with van der Waals surface area (Å²) in [6.45, 7) is 1.63. The van der Waals surface area contributed by atoms with Crippen LogP contribution < -0.4 is 4.74 Å². The maximum absolute atomic E-state index is 5.52. The molecule has 3 rings (SSSR count). The van der Waals surface area contributed by atoms with Crippen molar-refractivity contribution in [2.45, 2.75) is 25.1 Å². The van der Waals surface area contributed by atoms with E-state index in [1.807, 2.05) is 18.3 Å². The third kappa shape index (κ3) is 3.06. The second-order valence-electron chi connectivity index (χ2n) is 5.20. The molecular formula is C15H20N4O2. The molecule has 1 aliphatic rings. The predicted molar refractivity (Wildman–Crippen MR) is 77.9 cm³/mol. The van der Waals surface area contributed by atoms with Gasteiger partial charge in [0.1, 0.15) is 11.6 Å². The zero-order chi connectivity index (χ0) is 14.7. The van der Waals surface area contributed by atoms with Crippen LogP contribution in [0.15, 0.2) is 30.7 Å². The van der Waals surface area contributed by atoms with Crippen molar-refractivity contribution in [1.29, 1.82) is 0 Å². The monoisotopic (exact) mass is 288 g/mol. The van der Waals surface area contributed by atoms with E-state index in [9.17, 15) is 0 Å². The number of hydrogen-bond donors (Lipinski definition) is 1. The standard InChI is InChI=1S/C15H20N4O2/c1-20-12-3-4-16-11(7-12)9-19-10-13(21-2)8-14(19)15-17-5-6-18-15/h3-7,13-14H,8-10H2,1-2H3,(H,17,18)/t13-,14?/m1/s1. The number of nitrogens with zero attached hydrogens (tertiary/aromatic N) is 3. The minimum atomic E-state index is 0.228. The van der Waals surface area contributed by atoms with Crippen LogP contribution in [0.5, 0.6) is 5.75 Å². The van der Waals surface area contributed by atoms with Crippen LogP contribution in [0.1, 0.15) is 24.0 Å². The molecule has 3 heterocycles. The Morgan fingerprint density at radius 1 is 1.33 bits per heavy atom. The first-order valence-electron chi connectivity index (χ1n) is 7.05. The van der Waals surface area contributed by atoms with Gasteiger partial charge in [0.05, 0.1) is 24.9 Å². The minimum absolute atomic E-state index is 0.228. The molecule has 0 aliphatic carbocycles. The highest BCUT2D eigenvalue weighted by Crippen LogP contribution is 2.32. The van der Waals surface area contributed by atoms with Crippen LogP contribution in [0, 0.1) is 0 Å². The second kappa shape index (κ2) is 6.24. The Hall–Kier alpha value is -1.92. The molecular weight excluding hydrogens is 268 g/mol. The smallest absolute Gasteiger partial charge is 0.123 e. The van der Waals surface area contributed by atoms with Crippen molar-refractivity contribution in [1.82, 2.24) is 19.9 Å². The fourth-order valence-electron chi connectivity index (χ4n) is 2.83. The summed E-state index contributed by atoms with van der Waals surface area (Å²) in [4.78, 5) is 14.4. The SMILES string of the molecule is COc1ccnc(CN2C[C@H](OC)CC2c2ncc[nH]2)c1. The molecule has 0 aromatic carbocycles. The third-order valence-electron chi connectivity index (χ3n) is 3.92. The first kappa shape index (κ1) is 14.0. The van der Waals surface area contributed by atoms with Crippen LogP contribution in [0.3, 0.4) is 0 Å². The van der Waals surface area contributed by atoms with Gasteiger partial charge < -0.3 is 14.5 Å². The molecule has 6 heteroatoms. The maximum Gasteiger partial charge on any atom is 0.123 e. The van der Waals surface area contributed by atoms with Crippen molar-refractivity contribution in [3.8, 4) is 5.75 Å². The molecule has 112 valence electrons. The van der Waals surface area contributed by atoms with Gasteiger partial charge in [0, 0.05) is 44.9 Å². The second-order valence-corrected chi connectivity index (χ2v) is 5.20. The number of hydrogen-bond acceptors (Lipinski definition) is 5. The van der Waals surface area contributed by atoms with Crippen molar-refractivity contribution < 1.29 is 9.47 Å². The molecule has 2 aromatic rings. The molecule has 1 fully saturated rings. The number of ether oxygens (including phenoxy) is 2. The molecule has 1 N–H and O–H groups in total. The Bertz CT molecular complexity index is 573. The van der Waals surface area contributed by atoms with Gasteiger partial charge in [-0.05, 0) is 12.5 Å². The lowest BCUT2D eigenvalue weighted by atomic mass is 10.2. The average molecular weight is 288 g/mol. The number of likely N-dealkylation sites (tertiary alicyclic amines) is 1. The Kier molecular flexibility index (Phi) is 4.17.